The highest BCUT2D eigenvalue weighted by molar-refractivity contribution is 5.50. The highest BCUT2D eigenvalue weighted by atomic mass is 16.5. The van der Waals surface area contributed by atoms with Gasteiger partial charge in [-0.1, -0.05) is 12.1 Å². The molecule has 1 aromatic rings. The van der Waals surface area contributed by atoms with E-state index in [2.05, 4.69) is 25.2 Å². The van der Waals surface area contributed by atoms with Crippen LogP contribution in [0.4, 0.5) is 0 Å². The maximum absolute atomic E-state index is 9.58. The average molecular weight is 291 g/mol. The van der Waals surface area contributed by atoms with Crippen LogP contribution >= 0.6 is 0 Å². The van der Waals surface area contributed by atoms with E-state index in [1.165, 1.54) is 5.56 Å². The molecule has 21 heavy (non-hydrogen) atoms. The number of ether oxygens (including phenoxy) is 2. The van der Waals surface area contributed by atoms with Crippen molar-refractivity contribution >= 4 is 0 Å². The Kier molecular flexibility index (Phi) is 3.62. The fourth-order valence-corrected chi connectivity index (χ4v) is 3.49. The molecule has 1 aliphatic heterocycles. The summed E-state index contributed by atoms with van der Waals surface area (Å²) in [4.78, 5) is 0. The fraction of sp³-hybridized carbons (Fsp3) is 0.647. The molecule has 1 aromatic carbocycles. The monoisotopic (exact) mass is 291 g/mol. The van der Waals surface area contributed by atoms with Gasteiger partial charge in [-0.3, -0.25) is 0 Å². The maximum atomic E-state index is 9.58. The van der Waals surface area contributed by atoms with Gasteiger partial charge in [-0.05, 0) is 39.8 Å². The minimum Gasteiger partial charge on any atom is -0.486 e. The Labute approximate surface area is 126 Å². The molecule has 1 fully saturated rings. The van der Waals surface area contributed by atoms with Crippen LogP contribution in [0, 0.1) is 0 Å². The van der Waals surface area contributed by atoms with E-state index in [1.54, 1.807) is 0 Å². The van der Waals surface area contributed by atoms with Gasteiger partial charge in [-0.2, -0.15) is 0 Å². The summed E-state index contributed by atoms with van der Waals surface area (Å²) in [5.41, 5.74) is 0.873. The van der Waals surface area contributed by atoms with Crippen LogP contribution in [-0.4, -0.2) is 36.0 Å². The van der Waals surface area contributed by atoms with Crippen LogP contribution in [0.25, 0.3) is 0 Å². The van der Waals surface area contributed by atoms with Crippen LogP contribution in [0.1, 0.15) is 38.7 Å². The zero-order valence-corrected chi connectivity index (χ0v) is 13.1. The molecule has 0 radical (unpaired) electrons. The first-order valence-corrected chi connectivity index (χ1v) is 7.74. The summed E-state index contributed by atoms with van der Waals surface area (Å²) in [6.07, 6.45) is 3.76. The quantitative estimate of drug-likeness (QED) is 0.893. The van der Waals surface area contributed by atoms with Crippen molar-refractivity contribution in [2.24, 2.45) is 0 Å². The summed E-state index contributed by atoms with van der Waals surface area (Å²) in [6.45, 7) is 4.36. The molecule has 116 valence electrons. The Morgan fingerprint density at radius 3 is 2.90 bits per heavy atom. The molecule has 2 unspecified atom stereocenters. The van der Waals surface area contributed by atoms with Crippen LogP contribution < -0.4 is 14.8 Å². The van der Waals surface area contributed by atoms with Gasteiger partial charge in [0.1, 0.15) is 11.7 Å². The number of benzene rings is 1. The van der Waals surface area contributed by atoms with Crippen LogP contribution in [-0.2, 0) is 6.42 Å². The summed E-state index contributed by atoms with van der Waals surface area (Å²) >= 11 is 0. The summed E-state index contributed by atoms with van der Waals surface area (Å²) in [5.74, 6) is 1.74. The lowest BCUT2D eigenvalue weighted by atomic mass is 9.99. The molecule has 0 amide bonds. The first-order valence-electron chi connectivity index (χ1n) is 7.74. The molecule has 2 N–H and O–H groups in total. The minimum atomic E-state index is -0.192. The van der Waals surface area contributed by atoms with Crippen molar-refractivity contribution in [3.63, 3.8) is 0 Å². The minimum absolute atomic E-state index is 0.128. The second-order valence-electron chi connectivity index (χ2n) is 6.95. The largest absolute Gasteiger partial charge is 0.486 e. The molecule has 0 spiro atoms. The molecular weight excluding hydrogens is 266 g/mol. The van der Waals surface area contributed by atoms with Gasteiger partial charge in [0.15, 0.2) is 11.5 Å². The van der Waals surface area contributed by atoms with E-state index in [-0.39, 0.29) is 23.9 Å². The van der Waals surface area contributed by atoms with E-state index in [0.29, 0.717) is 0 Å². The maximum Gasteiger partial charge on any atom is 0.165 e. The molecule has 1 saturated carbocycles. The van der Waals surface area contributed by atoms with E-state index in [4.69, 9.17) is 9.47 Å². The van der Waals surface area contributed by atoms with Crippen molar-refractivity contribution in [3.8, 4) is 11.5 Å². The Morgan fingerprint density at radius 2 is 2.24 bits per heavy atom. The number of para-hydroxylation sites is 1. The van der Waals surface area contributed by atoms with E-state index in [0.717, 1.165) is 37.2 Å². The van der Waals surface area contributed by atoms with Gasteiger partial charge in [0.05, 0.1) is 6.61 Å². The van der Waals surface area contributed by atoms with E-state index >= 15 is 0 Å². The lowest BCUT2D eigenvalue weighted by Gasteiger charge is -2.26. The topological polar surface area (TPSA) is 50.7 Å². The van der Waals surface area contributed by atoms with Gasteiger partial charge in [0.25, 0.3) is 0 Å². The molecule has 1 aliphatic carbocycles. The standard InChI is InChI=1S/C17H25NO3/c1-16(2)9-12-5-4-6-14(15(12)21-16)20-13-7-8-17(10-13,11-19)18-3/h4-6,13,18-19H,7-11H2,1-3H3. The summed E-state index contributed by atoms with van der Waals surface area (Å²) in [7, 11) is 1.91. The molecule has 0 bridgehead atoms. The molecule has 2 aliphatic rings. The van der Waals surface area contributed by atoms with Crippen LogP contribution in [0.3, 0.4) is 0 Å². The van der Waals surface area contributed by atoms with Crippen molar-refractivity contribution in [2.45, 2.75) is 56.8 Å². The molecule has 3 rings (SSSR count). The second-order valence-corrected chi connectivity index (χ2v) is 6.95. The number of aliphatic hydroxyl groups excluding tert-OH is 1. The summed E-state index contributed by atoms with van der Waals surface area (Å²) in [5, 5.41) is 12.8. The Hall–Kier alpha value is -1.26. The highest BCUT2D eigenvalue weighted by Gasteiger charge is 2.39. The van der Waals surface area contributed by atoms with Gasteiger partial charge >= 0.3 is 0 Å². The third-order valence-electron chi connectivity index (χ3n) is 4.74. The molecular formula is C17H25NO3. The van der Waals surface area contributed by atoms with Gasteiger partial charge in [-0.15, -0.1) is 0 Å². The number of fused-ring (bicyclic) bond motifs is 1. The molecule has 2 atom stereocenters. The van der Waals surface area contributed by atoms with E-state index in [1.807, 2.05) is 19.2 Å². The number of rotatable bonds is 4. The van der Waals surface area contributed by atoms with Gasteiger partial charge < -0.3 is 19.9 Å². The SMILES string of the molecule is CNC1(CO)CCC(Oc2cccc3c2OC(C)(C)C3)C1. The lowest BCUT2D eigenvalue weighted by molar-refractivity contribution is 0.120. The number of likely N-dealkylation sites (N-methyl/N-ethyl adjacent to an activating group) is 1. The van der Waals surface area contributed by atoms with Crippen LogP contribution in [0.2, 0.25) is 0 Å². The van der Waals surface area contributed by atoms with Gasteiger partial charge in [0, 0.05) is 23.9 Å². The normalized spacial score (nSPS) is 30.0. The zero-order chi connectivity index (χ0) is 15.1. The first kappa shape index (κ1) is 14.7. The smallest absolute Gasteiger partial charge is 0.165 e. The molecule has 4 heteroatoms. The number of aliphatic hydroxyl groups is 1. The Balaban J connectivity index is 1.75. The number of hydrogen-bond acceptors (Lipinski definition) is 4. The number of nitrogens with one attached hydrogen (secondary N) is 1. The lowest BCUT2D eigenvalue weighted by Crippen LogP contribution is -2.44. The molecule has 0 saturated heterocycles. The van der Waals surface area contributed by atoms with Gasteiger partial charge in [0.2, 0.25) is 0 Å². The average Bonchev–Trinajstić information content (AvgIpc) is 2.99. The van der Waals surface area contributed by atoms with Crippen LogP contribution in [0.5, 0.6) is 11.5 Å². The van der Waals surface area contributed by atoms with Crippen molar-refractivity contribution in [1.29, 1.82) is 0 Å². The Bertz CT molecular complexity index is 523. The van der Waals surface area contributed by atoms with Gasteiger partial charge in [-0.25, -0.2) is 0 Å². The fourth-order valence-electron chi connectivity index (χ4n) is 3.49. The van der Waals surface area contributed by atoms with Crippen molar-refractivity contribution in [1.82, 2.24) is 5.32 Å². The highest BCUT2D eigenvalue weighted by Crippen LogP contribution is 2.43. The third kappa shape index (κ3) is 2.74. The van der Waals surface area contributed by atoms with Crippen LogP contribution in [0.15, 0.2) is 18.2 Å². The third-order valence-corrected chi connectivity index (χ3v) is 4.74. The Morgan fingerprint density at radius 1 is 1.43 bits per heavy atom. The predicted octanol–water partition coefficient (Wildman–Crippen LogP) is 2.28. The first-order chi connectivity index (χ1) is 9.97. The molecule has 0 aromatic heterocycles. The predicted molar refractivity (Wildman–Crippen MR) is 82.0 cm³/mol. The van der Waals surface area contributed by atoms with Crippen molar-refractivity contribution in [3.05, 3.63) is 23.8 Å². The second kappa shape index (κ2) is 5.18. The van der Waals surface area contributed by atoms with E-state index < -0.39 is 0 Å². The van der Waals surface area contributed by atoms with E-state index in [9.17, 15) is 5.11 Å². The summed E-state index contributed by atoms with van der Waals surface area (Å²) < 4.78 is 12.2. The zero-order valence-electron chi connectivity index (χ0n) is 13.1. The summed E-state index contributed by atoms with van der Waals surface area (Å²) in [6, 6.07) is 6.13. The van der Waals surface area contributed by atoms with Crippen molar-refractivity contribution in [2.75, 3.05) is 13.7 Å². The van der Waals surface area contributed by atoms with Crippen molar-refractivity contribution < 1.29 is 14.6 Å². The molecule has 4 nitrogen and oxygen atoms in total. The molecule has 1 heterocycles. The number of hydrogen-bond donors (Lipinski definition) is 2.